The van der Waals surface area contributed by atoms with E-state index in [0.717, 1.165) is 25.0 Å². The molecule has 5 aliphatic heterocycles. The van der Waals surface area contributed by atoms with Gasteiger partial charge in [-0.25, -0.2) is 0 Å². The van der Waals surface area contributed by atoms with Crippen molar-refractivity contribution in [1.29, 1.82) is 0 Å². The average molecular weight is 320 g/mol. The van der Waals surface area contributed by atoms with Gasteiger partial charge in [-0.15, -0.1) is 0 Å². The van der Waals surface area contributed by atoms with Crippen LogP contribution in [0, 0.1) is 11.8 Å². The van der Waals surface area contributed by atoms with E-state index in [-0.39, 0.29) is 0 Å². The van der Waals surface area contributed by atoms with Crippen molar-refractivity contribution in [2.24, 2.45) is 11.8 Å². The van der Waals surface area contributed by atoms with Gasteiger partial charge in [0.15, 0.2) is 0 Å². The molecule has 24 heavy (non-hydrogen) atoms. The molecule has 1 aliphatic carbocycles. The Kier molecular flexibility index (Phi) is 2.14. The number of anilines is 1. The Morgan fingerprint density at radius 3 is 3.12 bits per heavy atom. The Labute approximate surface area is 143 Å². The van der Waals surface area contributed by atoms with Crippen molar-refractivity contribution in [1.82, 2.24) is 4.90 Å². The molecule has 0 unspecified atom stereocenters. The van der Waals surface area contributed by atoms with Gasteiger partial charge in [0.1, 0.15) is 0 Å². The maximum absolute atomic E-state index is 6.44. The molecule has 124 valence electrons. The lowest BCUT2D eigenvalue weighted by Gasteiger charge is -2.58. The normalized spacial score (nSPS) is 46.5. The van der Waals surface area contributed by atoms with E-state index < -0.39 is 0 Å². The Morgan fingerprint density at radius 2 is 2.12 bits per heavy atom. The molecule has 3 saturated heterocycles. The summed E-state index contributed by atoms with van der Waals surface area (Å²) >= 11 is 0. The monoisotopic (exact) mass is 320 g/mol. The number of benzene rings is 1. The van der Waals surface area contributed by atoms with Crippen molar-refractivity contribution in [3.8, 4) is 0 Å². The third-order valence-corrected chi connectivity index (χ3v) is 8.28. The number of nitrogens with zero attached hydrogens (tertiary/aromatic N) is 2. The number of ether oxygens (including phenoxy) is 1. The van der Waals surface area contributed by atoms with E-state index >= 15 is 0 Å². The Bertz CT molecular complexity index is 773. The maximum Gasteiger partial charge on any atom is 0.0646 e. The van der Waals surface area contributed by atoms with Gasteiger partial charge in [0.25, 0.3) is 0 Å². The highest BCUT2D eigenvalue weighted by molar-refractivity contribution is 5.67. The van der Waals surface area contributed by atoms with Gasteiger partial charge in [-0.05, 0) is 55.0 Å². The third-order valence-electron chi connectivity index (χ3n) is 8.28. The highest BCUT2D eigenvalue weighted by Crippen LogP contribution is 2.65. The van der Waals surface area contributed by atoms with Gasteiger partial charge < -0.3 is 14.5 Å². The summed E-state index contributed by atoms with van der Waals surface area (Å²) in [5.41, 5.74) is 5.25. The SMILES string of the molecule is C1=C2CCO[C@@H]3CCN4c5ccccc5[C@]56CCN1[C@H]5C[C@H]2[C@H]3[C@H]46. The van der Waals surface area contributed by atoms with Gasteiger partial charge in [-0.1, -0.05) is 18.2 Å². The summed E-state index contributed by atoms with van der Waals surface area (Å²) in [5.74, 6) is 1.48. The first-order valence-corrected chi connectivity index (χ1v) is 9.82. The summed E-state index contributed by atoms with van der Waals surface area (Å²) in [4.78, 5) is 5.52. The molecule has 0 N–H and O–H groups in total. The van der Waals surface area contributed by atoms with Crippen molar-refractivity contribution in [3.63, 3.8) is 0 Å². The first-order chi connectivity index (χ1) is 11.9. The van der Waals surface area contributed by atoms with Crippen molar-refractivity contribution in [2.45, 2.75) is 49.3 Å². The highest BCUT2D eigenvalue weighted by Gasteiger charge is 2.69. The molecule has 1 spiro atoms. The predicted octanol–water partition coefficient (Wildman–Crippen LogP) is 2.91. The molecule has 1 saturated carbocycles. The van der Waals surface area contributed by atoms with Crippen LogP contribution >= 0.6 is 0 Å². The van der Waals surface area contributed by atoms with E-state index in [9.17, 15) is 0 Å². The van der Waals surface area contributed by atoms with Gasteiger partial charge in [-0.3, -0.25) is 0 Å². The molecule has 0 aromatic heterocycles. The van der Waals surface area contributed by atoms with Gasteiger partial charge in [0, 0.05) is 42.2 Å². The van der Waals surface area contributed by atoms with Crippen LogP contribution in [0.2, 0.25) is 0 Å². The quantitative estimate of drug-likeness (QED) is 0.731. The Morgan fingerprint density at radius 1 is 1.17 bits per heavy atom. The summed E-state index contributed by atoms with van der Waals surface area (Å²) < 4.78 is 6.44. The summed E-state index contributed by atoms with van der Waals surface area (Å²) in [5, 5.41) is 0. The minimum atomic E-state index is 0.353. The number of rotatable bonds is 0. The molecule has 5 heterocycles. The fourth-order valence-corrected chi connectivity index (χ4v) is 7.63. The second kappa shape index (κ2) is 4.01. The Hall–Kier alpha value is -1.48. The number of para-hydroxylation sites is 1. The van der Waals surface area contributed by atoms with Crippen LogP contribution in [0.4, 0.5) is 5.69 Å². The van der Waals surface area contributed by atoms with E-state index in [1.807, 2.05) is 0 Å². The lowest BCUT2D eigenvalue weighted by atomic mass is 9.54. The van der Waals surface area contributed by atoms with Crippen LogP contribution in [-0.2, 0) is 10.2 Å². The first kappa shape index (κ1) is 12.8. The second-order valence-corrected chi connectivity index (χ2v) is 8.77. The van der Waals surface area contributed by atoms with Crippen LogP contribution in [-0.4, -0.2) is 42.8 Å². The van der Waals surface area contributed by atoms with Crippen LogP contribution in [0.15, 0.2) is 36.0 Å². The molecule has 0 radical (unpaired) electrons. The number of piperidine rings is 1. The number of fused-ring (bicyclic) bond motifs is 2. The summed E-state index contributed by atoms with van der Waals surface area (Å²) in [7, 11) is 0. The molecule has 1 aromatic rings. The van der Waals surface area contributed by atoms with E-state index in [4.69, 9.17) is 4.74 Å². The van der Waals surface area contributed by atoms with Crippen molar-refractivity contribution < 1.29 is 4.74 Å². The van der Waals surface area contributed by atoms with Crippen molar-refractivity contribution in [3.05, 3.63) is 41.6 Å². The van der Waals surface area contributed by atoms with Gasteiger partial charge in [-0.2, -0.15) is 0 Å². The van der Waals surface area contributed by atoms with E-state index in [1.54, 1.807) is 16.8 Å². The van der Waals surface area contributed by atoms with Crippen LogP contribution < -0.4 is 4.90 Å². The van der Waals surface area contributed by atoms with Crippen LogP contribution in [0.25, 0.3) is 0 Å². The zero-order valence-electron chi connectivity index (χ0n) is 14.0. The van der Waals surface area contributed by atoms with E-state index in [2.05, 4.69) is 40.3 Å². The molecular weight excluding hydrogens is 296 g/mol. The zero-order valence-corrected chi connectivity index (χ0v) is 14.0. The Balaban J connectivity index is 1.54. The van der Waals surface area contributed by atoms with E-state index in [0.29, 0.717) is 23.5 Å². The molecule has 6 aliphatic rings. The minimum absolute atomic E-state index is 0.353. The van der Waals surface area contributed by atoms with Crippen LogP contribution in [0.5, 0.6) is 0 Å². The smallest absolute Gasteiger partial charge is 0.0646 e. The van der Waals surface area contributed by atoms with Gasteiger partial charge >= 0.3 is 0 Å². The van der Waals surface area contributed by atoms with Gasteiger partial charge in [0.2, 0.25) is 0 Å². The molecule has 3 heteroatoms. The minimum Gasteiger partial charge on any atom is -0.377 e. The second-order valence-electron chi connectivity index (χ2n) is 8.77. The summed E-state index contributed by atoms with van der Waals surface area (Å²) in [6.45, 7) is 3.37. The maximum atomic E-state index is 6.44. The predicted molar refractivity (Wildman–Crippen MR) is 93.0 cm³/mol. The standard InChI is InChI=1S/C21H24N2O/c1-2-4-16-15(3-1)21-7-9-22-12-13-6-10-24-17-5-8-23(16)20(21)19(17)14(13)11-18(21)22/h1-4,12,14,17-20H,5-11H2/t14-,17-,18+,19-,20+,21-/m1/s1. The summed E-state index contributed by atoms with van der Waals surface area (Å²) in [6.07, 6.45) is 8.12. The van der Waals surface area contributed by atoms with Crippen molar-refractivity contribution >= 4 is 5.69 Å². The molecule has 4 fully saturated rings. The molecule has 0 amide bonds. The largest absolute Gasteiger partial charge is 0.377 e. The van der Waals surface area contributed by atoms with Crippen LogP contribution in [0.3, 0.4) is 0 Å². The number of hydrogen-bond donors (Lipinski definition) is 0. The molecular formula is C21H24N2O. The average Bonchev–Trinajstić information content (AvgIpc) is 3.08. The number of hydrogen-bond acceptors (Lipinski definition) is 3. The van der Waals surface area contributed by atoms with E-state index in [1.165, 1.54) is 32.4 Å². The molecule has 7 rings (SSSR count). The molecule has 2 bridgehead atoms. The molecule has 6 atom stereocenters. The van der Waals surface area contributed by atoms with Crippen LogP contribution in [0.1, 0.15) is 31.2 Å². The fraction of sp³-hybridized carbons (Fsp3) is 0.619. The molecule has 3 nitrogen and oxygen atoms in total. The fourth-order valence-electron chi connectivity index (χ4n) is 7.63. The van der Waals surface area contributed by atoms with Crippen molar-refractivity contribution in [2.75, 3.05) is 24.6 Å². The lowest BCUT2D eigenvalue weighted by molar-refractivity contribution is -0.0489. The lowest BCUT2D eigenvalue weighted by Crippen LogP contribution is -2.66. The molecule has 1 aromatic carbocycles. The highest BCUT2D eigenvalue weighted by atomic mass is 16.5. The zero-order chi connectivity index (χ0) is 15.5. The topological polar surface area (TPSA) is 15.7 Å². The third kappa shape index (κ3) is 1.21. The summed E-state index contributed by atoms with van der Waals surface area (Å²) in [6, 6.07) is 10.7. The first-order valence-electron chi connectivity index (χ1n) is 9.82. The van der Waals surface area contributed by atoms with Gasteiger partial charge in [0.05, 0.1) is 12.7 Å².